The van der Waals surface area contributed by atoms with Crippen molar-refractivity contribution in [2.45, 2.75) is 45.1 Å². The van der Waals surface area contributed by atoms with E-state index in [9.17, 15) is 8.42 Å². The monoisotopic (exact) mass is 245 g/mol. The van der Waals surface area contributed by atoms with Gasteiger partial charge < -0.3 is 5.73 Å². The van der Waals surface area contributed by atoms with Crippen molar-refractivity contribution in [3.8, 4) is 0 Å². The fourth-order valence-corrected chi connectivity index (χ4v) is 5.21. The van der Waals surface area contributed by atoms with Crippen molar-refractivity contribution in [3.63, 3.8) is 0 Å². The summed E-state index contributed by atoms with van der Waals surface area (Å²) in [5.74, 6) is 2.23. The molecule has 0 radical (unpaired) electrons. The topological polar surface area (TPSA) is 60.2 Å². The van der Waals surface area contributed by atoms with E-state index in [0.717, 1.165) is 12.3 Å². The summed E-state index contributed by atoms with van der Waals surface area (Å²) in [4.78, 5) is 0. The average molecular weight is 245 g/mol. The summed E-state index contributed by atoms with van der Waals surface area (Å²) in [6.45, 7) is 2.28. The lowest BCUT2D eigenvalue weighted by Gasteiger charge is -2.33. The quantitative estimate of drug-likeness (QED) is 0.803. The molecule has 0 spiro atoms. The Morgan fingerprint density at radius 1 is 1.19 bits per heavy atom. The van der Waals surface area contributed by atoms with Crippen LogP contribution in [0.15, 0.2) is 0 Å². The van der Waals surface area contributed by atoms with E-state index in [0.29, 0.717) is 17.4 Å². The molecule has 2 fully saturated rings. The highest BCUT2D eigenvalue weighted by Crippen LogP contribution is 2.34. The van der Waals surface area contributed by atoms with Crippen LogP contribution in [0.3, 0.4) is 0 Å². The molecule has 1 saturated carbocycles. The van der Waals surface area contributed by atoms with Crippen LogP contribution < -0.4 is 5.73 Å². The zero-order chi connectivity index (χ0) is 11.8. The Morgan fingerprint density at radius 2 is 1.94 bits per heavy atom. The van der Waals surface area contributed by atoms with Crippen LogP contribution in [-0.2, 0) is 9.84 Å². The van der Waals surface area contributed by atoms with E-state index in [2.05, 4.69) is 6.92 Å². The molecule has 0 bridgehead atoms. The maximum atomic E-state index is 11.4. The molecule has 0 amide bonds. The Labute approximate surface area is 98.7 Å². The van der Waals surface area contributed by atoms with Gasteiger partial charge in [-0.1, -0.05) is 19.8 Å². The Morgan fingerprint density at radius 3 is 2.50 bits per heavy atom. The maximum absolute atomic E-state index is 11.4. The summed E-state index contributed by atoms with van der Waals surface area (Å²) in [7, 11) is -2.77. The van der Waals surface area contributed by atoms with E-state index in [-0.39, 0.29) is 12.0 Å². The van der Waals surface area contributed by atoms with Crippen molar-refractivity contribution in [3.05, 3.63) is 0 Å². The van der Waals surface area contributed by atoms with Gasteiger partial charge in [-0.15, -0.1) is 0 Å². The fraction of sp³-hybridized carbons (Fsp3) is 1.00. The number of nitrogens with two attached hydrogens (primary N) is 1. The summed E-state index contributed by atoms with van der Waals surface area (Å²) in [6, 6.07) is 0.111. The molecule has 4 heteroatoms. The molecule has 0 aromatic rings. The van der Waals surface area contributed by atoms with Gasteiger partial charge in [0, 0.05) is 6.04 Å². The smallest absolute Gasteiger partial charge is 0.150 e. The van der Waals surface area contributed by atoms with Gasteiger partial charge in [-0.2, -0.15) is 0 Å². The van der Waals surface area contributed by atoms with Crippen molar-refractivity contribution < 1.29 is 8.42 Å². The van der Waals surface area contributed by atoms with Gasteiger partial charge in [0.2, 0.25) is 0 Å². The number of sulfone groups is 1. The predicted octanol–water partition coefficient (Wildman–Crippen LogP) is 1.57. The van der Waals surface area contributed by atoms with E-state index < -0.39 is 9.84 Å². The normalized spacial score (nSPS) is 40.8. The molecular formula is C12H23NO2S. The fourth-order valence-electron chi connectivity index (χ4n) is 3.34. The Balaban J connectivity index is 1.94. The largest absolute Gasteiger partial charge is 0.327 e. The molecule has 4 unspecified atom stereocenters. The van der Waals surface area contributed by atoms with E-state index in [1.807, 2.05) is 0 Å². The van der Waals surface area contributed by atoms with Crippen LogP contribution in [0.4, 0.5) is 0 Å². The van der Waals surface area contributed by atoms with E-state index in [1.54, 1.807) is 0 Å². The summed E-state index contributed by atoms with van der Waals surface area (Å²) in [6.07, 6.45) is 5.75. The first-order valence-electron chi connectivity index (χ1n) is 6.44. The first kappa shape index (κ1) is 12.4. The zero-order valence-corrected chi connectivity index (χ0v) is 10.9. The highest BCUT2D eigenvalue weighted by Gasteiger charge is 2.36. The molecule has 1 aliphatic heterocycles. The van der Waals surface area contributed by atoms with Gasteiger partial charge in [-0.25, -0.2) is 8.42 Å². The molecule has 16 heavy (non-hydrogen) atoms. The molecule has 94 valence electrons. The van der Waals surface area contributed by atoms with Gasteiger partial charge in [0.1, 0.15) is 0 Å². The van der Waals surface area contributed by atoms with Crippen LogP contribution in [0.2, 0.25) is 0 Å². The molecule has 1 heterocycles. The molecule has 0 aromatic heterocycles. The Kier molecular flexibility index (Phi) is 3.59. The molecule has 2 N–H and O–H groups in total. The first-order valence-corrected chi connectivity index (χ1v) is 8.26. The van der Waals surface area contributed by atoms with Gasteiger partial charge in [-0.05, 0) is 37.0 Å². The second kappa shape index (κ2) is 4.65. The van der Waals surface area contributed by atoms with Gasteiger partial charge in [0.15, 0.2) is 9.84 Å². The Hall–Kier alpha value is -0.0900. The summed E-state index contributed by atoms with van der Waals surface area (Å²) in [5, 5.41) is 0. The van der Waals surface area contributed by atoms with Gasteiger partial charge in [-0.3, -0.25) is 0 Å². The predicted molar refractivity (Wildman–Crippen MR) is 65.9 cm³/mol. The third-order valence-electron chi connectivity index (χ3n) is 4.33. The molecule has 2 aliphatic rings. The minimum Gasteiger partial charge on any atom is -0.327 e. The van der Waals surface area contributed by atoms with Crippen molar-refractivity contribution in [2.75, 3.05) is 11.5 Å². The first-order chi connectivity index (χ1) is 7.48. The SMILES string of the molecule is CC1CCCC(C(N)C2CCS(=O)(=O)C2)C1. The van der Waals surface area contributed by atoms with Crippen molar-refractivity contribution >= 4 is 9.84 Å². The lowest BCUT2D eigenvalue weighted by Crippen LogP contribution is -2.40. The summed E-state index contributed by atoms with van der Waals surface area (Å²) < 4.78 is 22.9. The highest BCUT2D eigenvalue weighted by molar-refractivity contribution is 7.91. The number of hydrogen-bond acceptors (Lipinski definition) is 3. The van der Waals surface area contributed by atoms with Crippen LogP contribution >= 0.6 is 0 Å². The molecule has 4 atom stereocenters. The third kappa shape index (κ3) is 2.77. The van der Waals surface area contributed by atoms with Crippen LogP contribution in [0.25, 0.3) is 0 Å². The lowest BCUT2D eigenvalue weighted by molar-refractivity contribution is 0.213. The van der Waals surface area contributed by atoms with Gasteiger partial charge >= 0.3 is 0 Å². The molecule has 1 saturated heterocycles. The maximum Gasteiger partial charge on any atom is 0.150 e. The molecule has 3 nitrogen and oxygen atoms in total. The highest BCUT2D eigenvalue weighted by atomic mass is 32.2. The third-order valence-corrected chi connectivity index (χ3v) is 6.13. The van der Waals surface area contributed by atoms with Crippen LogP contribution in [0, 0.1) is 17.8 Å². The van der Waals surface area contributed by atoms with E-state index in [4.69, 9.17) is 5.73 Å². The van der Waals surface area contributed by atoms with Crippen molar-refractivity contribution in [2.24, 2.45) is 23.5 Å². The molecular weight excluding hydrogens is 222 g/mol. The summed E-state index contributed by atoms with van der Waals surface area (Å²) >= 11 is 0. The van der Waals surface area contributed by atoms with E-state index >= 15 is 0 Å². The minimum absolute atomic E-state index is 0.111. The zero-order valence-electron chi connectivity index (χ0n) is 10.1. The lowest BCUT2D eigenvalue weighted by atomic mass is 9.75. The molecule has 1 aliphatic carbocycles. The van der Waals surface area contributed by atoms with Gasteiger partial charge in [0.05, 0.1) is 11.5 Å². The second-order valence-electron chi connectivity index (χ2n) is 5.77. The van der Waals surface area contributed by atoms with Crippen LogP contribution in [-0.4, -0.2) is 26.0 Å². The van der Waals surface area contributed by atoms with Crippen LogP contribution in [0.5, 0.6) is 0 Å². The summed E-state index contributed by atoms with van der Waals surface area (Å²) in [5.41, 5.74) is 6.27. The van der Waals surface area contributed by atoms with E-state index in [1.165, 1.54) is 25.7 Å². The number of hydrogen-bond donors (Lipinski definition) is 1. The molecule has 0 aromatic carbocycles. The average Bonchev–Trinajstić information content (AvgIpc) is 2.58. The Bertz CT molecular complexity index is 339. The van der Waals surface area contributed by atoms with Crippen molar-refractivity contribution in [1.82, 2.24) is 0 Å². The van der Waals surface area contributed by atoms with Crippen molar-refractivity contribution in [1.29, 1.82) is 0 Å². The second-order valence-corrected chi connectivity index (χ2v) is 8.00. The van der Waals surface area contributed by atoms with Gasteiger partial charge in [0.25, 0.3) is 0 Å². The molecule has 2 rings (SSSR count). The number of rotatable bonds is 2. The standard InChI is InChI=1S/C12H23NO2S/c1-9-3-2-4-10(7-9)12(13)11-5-6-16(14,15)8-11/h9-12H,2-8,13H2,1H3. The minimum atomic E-state index is -2.77. The van der Waals surface area contributed by atoms with Crippen LogP contribution in [0.1, 0.15) is 39.0 Å².